The molecule has 0 aliphatic rings. The number of hydrogen-bond acceptors (Lipinski definition) is 4. The first-order chi connectivity index (χ1) is 14.7. The van der Waals surface area contributed by atoms with Crippen molar-refractivity contribution in [3.63, 3.8) is 0 Å². The van der Waals surface area contributed by atoms with Gasteiger partial charge in [0.1, 0.15) is 0 Å². The van der Waals surface area contributed by atoms with Crippen molar-refractivity contribution in [1.82, 2.24) is 20.2 Å². The van der Waals surface area contributed by atoms with Crippen molar-refractivity contribution in [2.24, 2.45) is 0 Å². The van der Waals surface area contributed by atoms with E-state index in [9.17, 15) is 9.59 Å². The van der Waals surface area contributed by atoms with Crippen LogP contribution in [0.5, 0.6) is 0 Å². The maximum Gasteiger partial charge on any atom is 0.251 e. The van der Waals surface area contributed by atoms with Crippen molar-refractivity contribution in [1.29, 1.82) is 0 Å². The molecule has 2 aromatic carbocycles. The maximum absolute atomic E-state index is 12.6. The smallest absolute Gasteiger partial charge is 0.251 e. The lowest BCUT2D eigenvalue weighted by Crippen LogP contribution is -2.26. The van der Waals surface area contributed by atoms with Gasteiger partial charge in [-0.15, -0.1) is 0 Å². The van der Waals surface area contributed by atoms with Crippen LogP contribution in [-0.2, 0) is 11.3 Å². The third-order valence-corrected chi connectivity index (χ3v) is 5.44. The Labute approximate surface area is 181 Å². The lowest BCUT2D eigenvalue weighted by molar-refractivity contribution is -0.118. The molecule has 2 amide bonds. The summed E-state index contributed by atoms with van der Waals surface area (Å²) in [6.07, 6.45) is 5.55. The molecule has 0 atom stereocenters. The van der Waals surface area contributed by atoms with Gasteiger partial charge in [-0.3, -0.25) is 14.2 Å². The van der Waals surface area contributed by atoms with Crippen LogP contribution in [0.15, 0.2) is 72.1 Å². The summed E-state index contributed by atoms with van der Waals surface area (Å²) in [5.41, 5.74) is 2.45. The van der Waals surface area contributed by atoms with E-state index in [4.69, 9.17) is 0 Å². The van der Waals surface area contributed by atoms with Gasteiger partial charge in [0.05, 0.1) is 5.75 Å². The summed E-state index contributed by atoms with van der Waals surface area (Å²) in [5.74, 6) is 0.167. The molecule has 0 radical (unpaired) electrons. The van der Waals surface area contributed by atoms with Crippen LogP contribution in [0, 0.1) is 0 Å². The summed E-state index contributed by atoms with van der Waals surface area (Å²) >= 11 is 1.38. The molecular weight excluding hydrogens is 396 g/mol. The second kappa shape index (κ2) is 11.2. The minimum absolute atomic E-state index is 0.00274. The monoisotopic (exact) mass is 422 g/mol. The fourth-order valence-electron chi connectivity index (χ4n) is 2.86. The van der Waals surface area contributed by atoms with Crippen LogP contribution in [0.3, 0.4) is 0 Å². The number of nitrogens with one attached hydrogen (secondary N) is 2. The van der Waals surface area contributed by atoms with Crippen LogP contribution in [0.4, 0.5) is 0 Å². The Bertz CT molecular complexity index is 972. The van der Waals surface area contributed by atoms with Crippen molar-refractivity contribution in [3.8, 4) is 5.69 Å². The molecule has 0 fully saturated rings. The molecule has 0 unspecified atom stereocenters. The van der Waals surface area contributed by atoms with E-state index in [0.717, 1.165) is 24.1 Å². The largest absolute Gasteiger partial charge is 0.355 e. The van der Waals surface area contributed by atoms with Crippen LogP contribution >= 0.6 is 11.8 Å². The van der Waals surface area contributed by atoms with Gasteiger partial charge in [0, 0.05) is 36.7 Å². The van der Waals surface area contributed by atoms with E-state index in [1.807, 2.05) is 59.3 Å². The summed E-state index contributed by atoms with van der Waals surface area (Å²) in [4.78, 5) is 28.9. The van der Waals surface area contributed by atoms with E-state index < -0.39 is 0 Å². The average Bonchev–Trinajstić information content (AvgIpc) is 3.26. The van der Waals surface area contributed by atoms with Gasteiger partial charge in [0.2, 0.25) is 5.91 Å². The van der Waals surface area contributed by atoms with Gasteiger partial charge in [-0.05, 0) is 30.2 Å². The Morgan fingerprint density at radius 2 is 1.90 bits per heavy atom. The number of thioether (sulfide) groups is 1. The minimum atomic E-state index is -0.134. The van der Waals surface area contributed by atoms with Gasteiger partial charge in [-0.2, -0.15) is 0 Å². The van der Waals surface area contributed by atoms with Crippen LogP contribution in [-0.4, -0.2) is 33.7 Å². The number of imidazole rings is 1. The third kappa shape index (κ3) is 6.22. The molecule has 0 spiro atoms. The van der Waals surface area contributed by atoms with E-state index in [1.54, 1.807) is 12.3 Å². The molecule has 1 aromatic heterocycles. The molecule has 7 heteroatoms. The second-order valence-electron chi connectivity index (χ2n) is 6.79. The van der Waals surface area contributed by atoms with Gasteiger partial charge in [0.25, 0.3) is 5.91 Å². The van der Waals surface area contributed by atoms with Gasteiger partial charge in [-0.25, -0.2) is 4.98 Å². The Morgan fingerprint density at radius 1 is 1.07 bits per heavy atom. The lowest BCUT2D eigenvalue weighted by Gasteiger charge is -2.10. The third-order valence-electron chi connectivity index (χ3n) is 4.47. The molecular formula is C23H26N4O2S. The summed E-state index contributed by atoms with van der Waals surface area (Å²) in [6.45, 7) is 3.27. The molecule has 156 valence electrons. The molecule has 0 aliphatic carbocycles. The van der Waals surface area contributed by atoms with Gasteiger partial charge < -0.3 is 10.6 Å². The Hall–Kier alpha value is -3.06. The van der Waals surface area contributed by atoms with Crippen LogP contribution in [0.1, 0.15) is 35.7 Å². The molecule has 6 nitrogen and oxygen atoms in total. The highest BCUT2D eigenvalue weighted by atomic mass is 32.2. The quantitative estimate of drug-likeness (QED) is 0.385. The first kappa shape index (κ1) is 21.6. The highest BCUT2D eigenvalue weighted by Gasteiger charge is 2.11. The van der Waals surface area contributed by atoms with Gasteiger partial charge >= 0.3 is 0 Å². The fourth-order valence-corrected chi connectivity index (χ4v) is 3.66. The van der Waals surface area contributed by atoms with Crippen LogP contribution in [0.25, 0.3) is 5.69 Å². The van der Waals surface area contributed by atoms with Crippen molar-refractivity contribution in [3.05, 3.63) is 78.1 Å². The van der Waals surface area contributed by atoms with Gasteiger partial charge in [0.15, 0.2) is 5.16 Å². The Balaban J connectivity index is 1.62. The molecule has 30 heavy (non-hydrogen) atoms. The first-order valence-electron chi connectivity index (χ1n) is 10.0. The number of benzene rings is 2. The molecule has 0 aliphatic heterocycles. The predicted octanol–water partition coefficient (Wildman–Crippen LogP) is 3.81. The second-order valence-corrected chi connectivity index (χ2v) is 7.73. The number of hydrogen-bond donors (Lipinski definition) is 2. The zero-order chi connectivity index (χ0) is 21.2. The Morgan fingerprint density at radius 3 is 2.70 bits per heavy atom. The van der Waals surface area contributed by atoms with Crippen LogP contribution in [0.2, 0.25) is 0 Å². The van der Waals surface area contributed by atoms with E-state index in [2.05, 4.69) is 22.5 Å². The zero-order valence-electron chi connectivity index (χ0n) is 17.0. The van der Waals surface area contributed by atoms with Crippen molar-refractivity contribution in [2.75, 3.05) is 12.3 Å². The standard InChI is InChI=1S/C23H26N4O2S/c1-2-3-12-24-21(28)17-30-23-25-13-14-27(23)20-11-7-10-19(15-20)22(29)26-16-18-8-5-4-6-9-18/h4-11,13-15H,2-3,12,16-17H2,1H3,(H,24,28)(H,26,29). The SMILES string of the molecule is CCCCNC(=O)CSc1nccn1-c1cccc(C(=O)NCc2ccccc2)c1. The highest BCUT2D eigenvalue weighted by molar-refractivity contribution is 7.99. The zero-order valence-corrected chi connectivity index (χ0v) is 17.8. The van der Waals surface area contributed by atoms with E-state index in [0.29, 0.717) is 29.6 Å². The molecule has 3 rings (SSSR count). The van der Waals surface area contributed by atoms with Crippen molar-refractivity contribution >= 4 is 23.6 Å². The van der Waals surface area contributed by atoms with E-state index in [-0.39, 0.29) is 11.8 Å². The fraction of sp³-hybridized carbons (Fsp3) is 0.261. The lowest BCUT2D eigenvalue weighted by atomic mass is 10.1. The number of unbranched alkanes of at least 4 members (excludes halogenated alkanes) is 1. The van der Waals surface area contributed by atoms with Crippen molar-refractivity contribution in [2.45, 2.75) is 31.5 Å². The van der Waals surface area contributed by atoms with E-state index in [1.165, 1.54) is 11.8 Å². The highest BCUT2D eigenvalue weighted by Crippen LogP contribution is 2.21. The molecule has 3 aromatic rings. The first-order valence-corrected chi connectivity index (χ1v) is 11.0. The topological polar surface area (TPSA) is 76.0 Å². The predicted molar refractivity (Wildman–Crippen MR) is 120 cm³/mol. The summed E-state index contributed by atoms with van der Waals surface area (Å²) in [7, 11) is 0. The number of amides is 2. The minimum Gasteiger partial charge on any atom is -0.355 e. The van der Waals surface area contributed by atoms with Gasteiger partial charge in [-0.1, -0.05) is 61.5 Å². The average molecular weight is 423 g/mol. The molecule has 0 bridgehead atoms. The number of aromatic nitrogens is 2. The number of nitrogens with zero attached hydrogens (tertiary/aromatic N) is 2. The number of carbonyl (C=O) groups excluding carboxylic acids is 2. The maximum atomic E-state index is 12.6. The summed E-state index contributed by atoms with van der Waals surface area (Å²) in [6, 6.07) is 17.2. The molecule has 0 saturated heterocycles. The molecule has 1 heterocycles. The number of carbonyl (C=O) groups is 2. The summed E-state index contributed by atoms with van der Waals surface area (Å²) < 4.78 is 1.89. The number of rotatable bonds is 10. The van der Waals surface area contributed by atoms with Crippen molar-refractivity contribution < 1.29 is 9.59 Å². The van der Waals surface area contributed by atoms with Crippen LogP contribution < -0.4 is 10.6 Å². The molecule has 2 N–H and O–H groups in total. The normalized spacial score (nSPS) is 10.6. The Kier molecular flexibility index (Phi) is 8.09. The van der Waals surface area contributed by atoms with E-state index >= 15 is 0 Å². The summed E-state index contributed by atoms with van der Waals surface area (Å²) in [5, 5.41) is 6.56. The molecule has 0 saturated carbocycles.